The molecule has 0 saturated heterocycles. The van der Waals surface area contributed by atoms with Gasteiger partial charge in [0.1, 0.15) is 0 Å². The average molecular weight is 358 g/mol. The molecule has 2 nitrogen and oxygen atoms in total. The van der Waals surface area contributed by atoms with Gasteiger partial charge in [-0.15, -0.1) is 0 Å². The maximum Gasteiger partial charge on any atom is 0.0783 e. The highest BCUT2D eigenvalue weighted by atomic mass is 15.0. The molecule has 2 aromatic heterocycles. The van der Waals surface area contributed by atoms with Crippen molar-refractivity contribution in [3.8, 4) is 5.69 Å². The van der Waals surface area contributed by atoms with Crippen LogP contribution in [0.3, 0.4) is 0 Å². The van der Waals surface area contributed by atoms with E-state index in [-0.39, 0.29) is 0 Å². The lowest BCUT2D eigenvalue weighted by Gasteiger charge is -2.14. The molecule has 28 heavy (non-hydrogen) atoms. The van der Waals surface area contributed by atoms with E-state index in [0.717, 1.165) is 12.8 Å². The second-order valence-corrected chi connectivity index (χ2v) is 7.83. The van der Waals surface area contributed by atoms with E-state index in [0.29, 0.717) is 0 Å². The van der Waals surface area contributed by atoms with E-state index >= 15 is 0 Å². The quantitative estimate of drug-likeness (QED) is 0.345. The Balaban J connectivity index is 1.81. The molecule has 1 N–H and O–H groups in total. The second-order valence-electron chi connectivity index (χ2n) is 7.83. The van der Waals surface area contributed by atoms with Gasteiger partial charge in [0.15, 0.2) is 0 Å². The van der Waals surface area contributed by atoms with Gasteiger partial charge in [-0.3, -0.25) is 0 Å². The molecular weight excluding hydrogens is 340 g/mol. The number of nitrogens with zero attached hydrogens (tertiary/aromatic N) is 1. The Kier molecular flexibility index (Phi) is 2.62. The van der Waals surface area contributed by atoms with Gasteiger partial charge < -0.3 is 9.55 Å². The van der Waals surface area contributed by atoms with Crippen LogP contribution in [0.4, 0.5) is 0 Å². The van der Waals surface area contributed by atoms with Crippen LogP contribution in [-0.4, -0.2) is 9.55 Å². The van der Waals surface area contributed by atoms with Crippen LogP contribution in [0.5, 0.6) is 0 Å². The number of nitrogens with one attached hydrogen (secondary N) is 1. The first-order valence-electron chi connectivity index (χ1n) is 9.94. The van der Waals surface area contributed by atoms with Gasteiger partial charge in [0.2, 0.25) is 0 Å². The van der Waals surface area contributed by atoms with E-state index in [2.05, 4.69) is 88.4 Å². The number of H-pyrrole nitrogens is 1. The van der Waals surface area contributed by atoms with E-state index in [1.165, 1.54) is 60.4 Å². The first-order valence-corrected chi connectivity index (χ1v) is 9.94. The highest BCUT2D eigenvalue weighted by Gasteiger charge is 2.23. The first-order chi connectivity index (χ1) is 13.9. The molecule has 1 aliphatic rings. The summed E-state index contributed by atoms with van der Waals surface area (Å²) in [4.78, 5) is 3.79. The summed E-state index contributed by atoms with van der Waals surface area (Å²) < 4.78 is 2.42. The summed E-state index contributed by atoms with van der Waals surface area (Å²) in [6.07, 6.45) is 2.24. The molecular formula is C26H18N2. The van der Waals surface area contributed by atoms with Gasteiger partial charge in [0, 0.05) is 32.7 Å². The number of rotatable bonds is 1. The standard InChI is InChI=1S/C26H18N2/c1-2-8-18(9-3-1)28-22-12-5-4-10-19(22)20-15-17-14-13-16-7-6-11-21-23(16)24(17)25(27-21)26(20)28/h1-12,15,27H,13-14H2. The molecule has 6 aromatic rings. The van der Waals surface area contributed by atoms with E-state index < -0.39 is 0 Å². The fourth-order valence-electron chi connectivity index (χ4n) is 5.24. The molecule has 0 saturated carbocycles. The van der Waals surface area contributed by atoms with Crippen LogP contribution in [0.2, 0.25) is 0 Å². The molecule has 0 amide bonds. The molecule has 0 radical (unpaired) electrons. The molecule has 2 heteroatoms. The normalized spacial score (nSPS) is 13.4. The number of para-hydroxylation sites is 2. The van der Waals surface area contributed by atoms with Crippen LogP contribution in [-0.2, 0) is 12.8 Å². The minimum absolute atomic E-state index is 1.11. The molecule has 0 unspecified atom stereocenters. The van der Waals surface area contributed by atoms with Crippen LogP contribution >= 0.6 is 0 Å². The number of aromatic nitrogens is 2. The molecule has 0 spiro atoms. The molecule has 7 rings (SSSR count). The lowest BCUT2D eigenvalue weighted by Crippen LogP contribution is -1.99. The molecule has 2 heterocycles. The molecule has 132 valence electrons. The summed E-state index contributed by atoms with van der Waals surface area (Å²) in [5, 5.41) is 5.51. The Labute approximate surface area is 162 Å². The van der Waals surface area contributed by atoms with E-state index in [4.69, 9.17) is 0 Å². The van der Waals surface area contributed by atoms with Crippen molar-refractivity contribution in [2.24, 2.45) is 0 Å². The van der Waals surface area contributed by atoms with Crippen molar-refractivity contribution < 1.29 is 0 Å². The SMILES string of the molecule is c1ccc(-n2c3ccccc3c3cc4c5c([nH]c6cccc(c65)CC4)c32)cc1. The number of aromatic amines is 1. The molecule has 1 aliphatic carbocycles. The van der Waals surface area contributed by atoms with Crippen LogP contribution < -0.4 is 0 Å². The van der Waals surface area contributed by atoms with Gasteiger partial charge in [0.25, 0.3) is 0 Å². The van der Waals surface area contributed by atoms with Gasteiger partial charge in [-0.1, -0.05) is 48.5 Å². The summed E-state index contributed by atoms with van der Waals surface area (Å²) in [5.41, 5.74) is 9.23. The van der Waals surface area contributed by atoms with Crippen LogP contribution in [0.15, 0.2) is 78.9 Å². The summed E-state index contributed by atoms with van der Waals surface area (Å²) in [7, 11) is 0. The minimum atomic E-state index is 1.11. The van der Waals surface area contributed by atoms with Crippen molar-refractivity contribution in [2.45, 2.75) is 12.8 Å². The minimum Gasteiger partial charge on any atom is -0.353 e. The maximum absolute atomic E-state index is 3.79. The van der Waals surface area contributed by atoms with Crippen molar-refractivity contribution in [3.63, 3.8) is 0 Å². The van der Waals surface area contributed by atoms with E-state index in [1.807, 2.05) is 0 Å². The number of benzene rings is 4. The van der Waals surface area contributed by atoms with Gasteiger partial charge in [-0.25, -0.2) is 0 Å². The number of fused-ring (bicyclic) bond motifs is 4. The van der Waals surface area contributed by atoms with Gasteiger partial charge in [0.05, 0.1) is 16.6 Å². The predicted octanol–water partition coefficient (Wildman–Crippen LogP) is 6.52. The second kappa shape index (κ2) is 5.05. The molecule has 0 fully saturated rings. The largest absolute Gasteiger partial charge is 0.353 e. The highest BCUT2D eigenvalue weighted by Crippen LogP contribution is 2.43. The van der Waals surface area contributed by atoms with Gasteiger partial charge in [-0.05, 0) is 54.3 Å². The monoisotopic (exact) mass is 358 g/mol. The average Bonchev–Trinajstić information content (AvgIpc) is 3.30. The Morgan fingerprint density at radius 2 is 1.50 bits per heavy atom. The zero-order valence-corrected chi connectivity index (χ0v) is 15.4. The third-order valence-electron chi connectivity index (χ3n) is 6.38. The molecule has 0 bridgehead atoms. The fourth-order valence-corrected chi connectivity index (χ4v) is 5.24. The Morgan fingerprint density at radius 1 is 0.679 bits per heavy atom. The maximum atomic E-state index is 3.79. The van der Waals surface area contributed by atoms with Crippen LogP contribution in [0.25, 0.3) is 49.3 Å². The van der Waals surface area contributed by atoms with Crippen molar-refractivity contribution >= 4 is 43.6 Å². The number of hydrogen-bond donors (Lipinski definition) is 1. The molecule has 0 aliphatic heterocycles. The number of aryl methyl sites for hydroxylation is 2. The Morgan fingerprint density at radius 3 is 2.43 bits per heavy atom. The third-order valence-corrected chi connectivity index (χ3v) is 6.38. The number of hydrogen-bond acceptors (Lipinski definition) is 0. The van der Waals surface area contributed by atoms with Crippen molar-refractivity contribution in [2.75, 3.05) is 0 Å². The molecule has 4 aromatic carbocycles. The lowest BCUT2D eigenvalue weighted by molar-refractivity contribution is 0.971. The Hall–Kier alpha value is -3.52. The third kappa shape index (κ3) is 1.68. The van der Waals surface area contributed by atoms with Gasteiger partial charge >= 0.3 is 0 Å². The summed E-state index contributed by atoms with van der Waals surface area (Å²) >= 11 is 0. The lowest BCUT2D eigenvalue weighted by atomic mass is 9.90. The summed E-state index contributed by atoms with van der Waals surface area (Å²) in [6, 6.07) is 28.6. The smallest absolute Gasteiger partial charge is 0.0783 e. The van der Waals surface area contributed by atoms with Crippen molar-refractivity contribution in [1.29, 1.82) is 0 Å². The first kappa shape index (κ1) is 14.5. The summed E-state index contributed by atoms with van der Waals surface area (Å²) in [6.45, 7) is 0. The topological polar surface area (TPSA) is 20.7 Å². The zero-order valence-electron chi connectivity index (χ0n) is 15.4. The zero-order chi connectivity index (χ0) is 18.2. The van der Waals surface area contributed by atoms with Crippen molar-refractivity contribution in [3.05, 3.63) is 90.0 Å². The van der Waals surface area contributed by atoms with Crippen LogP contribution in [0, 0.1) is 0 Å². The van der Waals surface area contributed by atoms with Crippen molar-refractivity contribution in [1.82, 2.24) is 9.55 Å². The Bertz CT molecular complexity index is 1550. The van der Waals surface area contributed by atoms with Gasteiger partial charge in [-0.2, -0.15) is 0 Å². The molecule has 0 atom stereocenters. The fraction of sp³-hybridized carbons (Fsp3) is 0.0769. The van der Waals surface area contributed by atoms with E-state index in [1.54, 1.807) is 0 Å². The predicted molar refractivity (Wildman–Crippen MR) is 118 cm³/mol. The highest BCUT2D eigenvalue weighted by molar-refractivity contribution is 6.24. The van der Waals surface area contributed by atoms with E-state index in [9.17, 15) is 0 Å². The summed E-state index contributed by atoms with van der Waals surface area (Å²) in [5.74, 6) is 0. The van der Waals surface area contributed by atoms with Crippen LogP contribution in [0.1, 0.15) is 11.1 Å².